The lowest BCUT2D eigenvalue weighted by atomic mass is 9.74. The molecular formula is C25H31N3O5S. The molecule has 9 heteroatoms. The molecule has 2 aromatic heterocycles. The lowest BCUT2D eigenvalue weighted by Crippen LogP contribution is -2.33. The van der Waals surface area contributed by atoms with Crippen LogP contribution in [0.5, 0.6) is 0 Å². The van der Waals surface area contributed by atoms with E-state index in [1.807, 2.05) is 36.6 Å². The normalized spacial score (nSPS) is 16.7. The van der Waals surface area contributed by atoms with Gasteiger partial charge in [0.2, 0.25) is 5.91 Å². The highest BCUT2D eigenvalue weighted by Gasteiger charge is 2.38. The maximum Gasteiger partial charge on any atom is 0.222 e. The Bertz CT molecular complexity index is 1150. The van der Waals surface area contributed by atoms with Gasteiger partial charge < -0.3 is 25.4 Å². The van der Waals surface area contributed by atoms with Crippen molar-refractivity contribution in [3.05, 3.63) is 71.0 Å². The number of Topliss-reactive ketones (excluding diaryl/α,β-unsaturated/α-hetero) is 1. The molecule has 1 amide bonds. The summed E-state index contributed by atoms with van der Waals surface area (Å²) < 4.78 is 5.61. The van der Waals surface area contributed by atoms with E-state index < -0.39 is 0 Å². The molecule has 0 radical (unpaired) electrons. The van der Waals surface area contributed by atoms with Crippen molar-refractivity contribution in [3.63, 3.8) is 0 Å². The largest absolute Gasteiger partial charge is 0.412 e. The molecule has 3 aromatic rings. The van der Waals surface area contributed by atoms with E-state index >= 15 is 0 Å². The Hall–Kier alpha value is -2.98. The number of anilines is 1. The van der Waals surface area contributed by atoms with E-state index in [1.165, 1.54) is 19.0 Å². The number of nitrogens with zero attached hydrogens (tertiary/aromatic N) is 1. The molecular weight excluding hydrogens is 454 g/mol. The van der Waals surface area contributed by atoms with E-state index in [0.717, 1.165) is 40.1 Å². The van der Waals surface area contributed by atoms with Crippen molar-refractivity contribution in [2.45, 2.75) is 33.1 Å². The number of nitrogens with one attached hydrogen (secondary N) is 2. The lowest BCUT2D eigenvalue weighted by Gasteiger charge is -2.32. The summed E-state index contributed by atoms with van der Waals surface area (Å²) in [5.41, 5.74) is 5.41. The van der Waals surface area contributed by atoms with Gasteiger partial charge in [-0.05, 0) is 41.7 Å². The van der Waals surface area contributed by atoms with Gasteiger partial charge in [-0.25, -0.2) is 4.98 Å². The molecule has 0 bridgehead atoms. The lowest BCUT2D eigenvalue weighted by molar-refractivity contribution is -0.114. The number of carbonyl (C=O) groups is 2. The number of hydrogen-bond acceptors (Lipinski definition) is 5. The molecule has 1 atom stereocenters. The first kappa shape index (κ1) is 27.3. The molecule has 4 rings (SSSR count). The zero-order valence-electron chi connectivity index (χ0n) is 19.5. The van der Waals surface area contributed by atoms with Gasteiger partial charge in [0.1, 0.15) is 5.82 Å². The molecule has 0 spiro atoms. The van der Waals surface area contributed by atoms with E-state index in [2.05, 4.69) is 34.3 Å². The average Bonchev–Trinajstić information content (AvgIpc) is 3.11. The van der Waals surface area contributed by atoms with Crippen LogP contribution in [0.3, 0.4) is 0 Å². The zero-order valence-corrected chi connectivity index (χ0v) is 20.3. The summed E-state index contributed by atoms with van der Waals surface area (Å²) in [6, 6.07) is 13.9. The molecule has 0 saturated heterocycles. The molecule has 2 heterocycles. The fourth-order valence-corrected chi connectivity index (χ4v) is 4.79. The Morgan fingerprint density at radius 1 is 1.21 bits per heavy atom. The number of fused-ring (bicyclic) bond motifs is 1. The zero-order chi connectivity index (χ0) is 22.7. The Kier molecular flexibility index (Phi) is 9.17. The molecule has 1 aliphatic carbocycles. The minimum Gasteiger partial charge on any atom is -0.412 e. The fourth-order valence-electron chi connectivity index (χ4n) is 4.39. The Labute approximate surface area is 203 Å². The van der Waals surface area contributed by atoms with Crippen LogP contribution in [0.4, 0.5) is 5.82 Å². The van der Waals surface area contributed by atoms with Crippen LogP contribution in [0.2, 0.25) is 0 Å². The minimum atomic E-state index is -0.251. The maximum absolute atomic E-state index is 13.4. The highest BCUT2D eigenvalue weighted by molar-refractivity contribution is 7.93. The second-order valence-electron chi connectivity index (χ2n) is 8.62. The standard InChI is InChI=1S/C25H27N3O3S.2H2O/c1-16(29)27-22-12-18(9-10-26-22)24-19(11-17-7-5-4-6-8-17)23-20(28-24)13-25(2,14-21(23)30)15-31-32-3;;/h4-10,12,28H,11,13-15H2,1-3H3,(H,26,27,29);2*1H2. The van der Waals surface area contributed by atoms with Crippen LogP contribution in [0.15, 0.2) is 48.7 Å². The molecule has 6 N–H and O–H groups in total. The topological polar surface area (TPSA) is 147 Å². The van der Waals surface area contributed by atoms with Gasteiger partial charge in [0.05, 0.1) is 12.3 Å². The predicted octanol–water partition coefficient (Wildman–Crippen LogP) is 3.41. The van der Waals surface area contributed by atoms with E-state index in [-0.39, 0.29) is 28.1 Å². The van der Waals surface area contributed by atoms with Crippen molar-refractivity contribution in [3.8, 4) is 11.3 Å². The molecule has 0 fully saturated rings. The molecule has 0 aliphatic heterocycles. The first-order valence-corrected chi connectivity index (χ1v) is 11.7. The van der Waals surface area contributed by atoms with Gasteiger partial charge in [-0.3, -0.25) is 9.59 Å². The SMILES string of the molecule is CSOCC1(C)CC(=O)c2c([nH]c(-c3ccnc(NC(C)=O)c3)c2Cc2ccccc2)C1.O.O. The third-order valence-electron chi connectivity index (χ3n) is 5.75. The molecule has 182 valence electrons. The van der Waals surface area contributed by atoms with Gasteiger partial charge in [0.15, 0.2) is 5.78 Å². The number of amides is 1. The van der Waals surface area contributed by atoms with Crippen molar-refractivity contribution < 1.29 is 24.7 Å². The van der Waals surface area contributed by atoms with Crippen LogP contribution in [0, 0.1) is 5.41 Å². The fraction of sp³-hybridized carbons (Fsp3) is 0.320. The minimum absolute atomic E-state index is 0. The van der Waals surface area contributed by atoms with Crippen LogP contribution < -0.4 is 5.32 Å². The second-order valence-corrected chi connectivity index (χ2v) is 9.19. The molecule has 1 aromatic carbocycles. The summed E-state index contributed by atoms with van der Waals surface area (Å²) in [4.78, 5) is 32.7. The highest BCUT2D eigenvalue weighted by Crippen LogP contribution is 2.41. The van der Waals surface area contributed by atoms with Gasteiger partial charge >= 0.3 is 0 Å². The van der Waals surface area contributed by atoms with E-state index in [0.29, 0.717) is 25.3 Å². The summed E-state index contributed by atoms with van der Waals surface area (Å²) in [7, 11) is 0. The van der Waals surface area contributed by atoms with Crippen LogP contribution >= 0.6 is 12.0 Å². The molecule has 8 nitrogen and oxygen atoms in total. The number of hydrogen-bond donors (Lipinski definition) is 2. The summed E-state index contributed by atoms with van der Waals surface area (Å²) in [6.07, 6.45) is 5.39. The van der Waals surface area contributed by atoms with Crippen molar-refractivity contribution >= 4 is 29.6 Å². The maximum atomic E-state index is 13.4. The monoisotopic (exact) mass is 485 g/mol. The van der Waals surface area contributed by atoms with Crippen LogP contribution in [-0.4, -0.2) is 45.5 Å². The average molecular weight is 486 g/mol. The van der Waals surface area contributed by atoms with Crippen molar-refractivity contribution in [1.82, 2.24) is 9.97 Å². The van der Waals surface area contributed by atoms with Crippen molar-refractivity contribution in [2.75, 3.05) is 18.2 Å². The third kappa shape index (κ3) is 5.92. The Morgan fingerprint density at radius 2 is 1.94 bits per heavy atom. The van der Waals surface area contributed by atoms with Gasteiger partial charge in [0.25, 0.3) is 0 Å². The van der Waals surface area contributed by atoms with Gasteiger partial charge in [-0.2, -0.15) is 0 Å². The number of benzene rings is 1. The van der Waals surface area contributed by atoms with Crippen LogP contribution in [-0.2, 0) is 21.8 Å². The van der Waals surface area contributed by atoms with E-state index in [9.17, 15) is 9.59 Å². The number of pyridine rings is 1. The number of rotatable bonds is 7. The first-order chi connectivity index (χ1) is 15.4. The van der Waals surface area contributed by atoms with Crippen LogP contribution in [0.25, 0.3) is 11.3 Å². The quantitative estimate of drug-likeness (QED) is 0.492. The molecule has 1 aliphatic rings. The Balaban J connectivity index is 0.00000204. The predicted molar refractivity (Wildman–Crippen MR) is 135 cm³/mol. The smallest absolute Gasteiger partial charge is 0.222 e. The molecule has 0 saturated carbocycles. The van der Waals surface area contributed by atoms with E-state index in [1.54, 1.807) is 6.20 Å². The van der Waals surface area contributed by atoms with Gasteiger partial charge in [-0.1, -0.05) is 37.3 Å². The number of ketones is 1. The van der Waals surface area contributed by atoms with Gasteiger partial charge in [0, 0.05) is 54.5 Å². The number of carbonyl (C=O) groups excluding carboxylic acids is 2. The summed E-state index contributed by atoms with van der Waals surface area (Å²) in [6.45, 7) is 4.07. The second kappa shape index (κ2) is 11.4. The first-order valence-electron chi connectivity index (χ1n) is 10.6. The molecule has 34 heavy (non-hydrogen) atoms. The number of aromatic amines is 1. The molecule has 1 unspecified atom stereocenters. The van der Waals surface area contributed by atoms with E-state index in [4.69, 9.17) is 4.18 Å². The van der Waals surface area contributed by atoms with Crippen LogP contribution in [0.1, 0.15) is 47.4 Å². The third-order valence-corrected chi connectivity index (χ3v) is 6.11. The van der Waals surface area contributed by atoms with Crippen molar-refractivity contribution in [2.24, 2.45) is 5.41 Å². The summed E-state index contributed by atoms with van der Waals surface area (Å²) in [5, 5.41) is 2.74. The van der Waals surface area contributed by atoms with Gasteiger partial charge in [-0.15, -0.1) is 0 Å². The Morgan fingerprint density at radius 3 is 2.62 bits per heavy atom. The highest BCUT2D eigenvalue weighted by atomic mass is 32.2. The number of aromatic nitrogens is 2. The number of H-pyrrole nitrogens is 1. The summed E-state index contributed by atoms with van der Waals surface area (Å²) in [5.74, 6) is 0.450. The van der Waals surface area contributed by atoms with Crippen molar-refractivity contribution in [1.29, 1.82) is 0 Å². The summed E-state index contributed by atoms with van der Waals surface area (Å²) >= 11 is 1.33.